The Hall–Kier alpha value is -3.01. The number of hydrogen-bond donors (Lipinski definition) is 0. The summed E-state index contributed by atoms with van der Waals surface area (Å²) in [7, 11) is 0. The Morgan fingerprint density at radius 1 is 1.28 bits per heavy atom. The molecule has 0 radical (unpaired) electrons. The predicted molar refractivity (Wildman–Crippen MR) is 99.1 cm³/mol. The Balaban J connectivity index is 2.00. The Kier molecular flexibility index (Phi) is 4.89. The lowest BCUT2D eigenvalue weighted by Gasteiger charge is -2.00. The highest BCUT2D eigenvalue weighted by atomic mass is 35.5. The van der Waals surface area contributed by atoms with Gasteiger partial charge in [0.25, 0.3) is 5.69 Å². The minimum absolute atomic E-state index is 0.0861. The van der Waals surface area contributed by atoms with Crippen molar-refractivity contribution in [3.63, 3.8) is 0 Å². The molecular formula is C18H10ClN3O2S. The molecule has 122 valence electrons. The molecule has 0 saturated carbocycles. The fourth-order valence-corrected chi connectivity index (χ4v) is 3.16. The molecule has 0 N–H and O–H groups in total. The van der Waals surface area contributed by atoms with Gasteiger partial charge < -0.3 is 0 Å². The zero-order chi connectivity index (χ0) is 17.8. The monoisotopic (exact) mass is 367 g/mol. The molecule has 3 rings (SSSR count). The number of non-ortho nitro benzene ring substituents is 1. The molecule has 0 saturated heterocycles. The third-order valence-corrected chi connectivity index (χ3v) is 4.63. The van der Waals surface area contributed by atoms with E-state index in [2.05, 4.69) is 11.1 Å². The lowest BCUT2D eigenvalue weighted by Crippen LogP contribution is -1.89. The molecule has 0 amide bonds. The van der Waals surface area contributed by atoms with E-state index in [4.69, 9.17) is 11.6 Å². The fourth-order valence-electron chi connectivity index (χ4n) is 2.19. The van der Waals surface area contributed by atoms with Crippen molar-refractivity contribution >= 4 is 40.3 Å². The van der Waals surface area contributed by atoms with Gasteiger partial charge in [-0.05, 0) is 12.1 Å². The molecule has 3 aromatic rings. The van der Waals surface area contributed by atoms with E-state index in [1.165, 1.54) is 35.6 Å². The van der Waals surface area contributed by atoms with E-state index in [-0.39, 0.29) is 5.69 Å². The topological polar surface area (TPSA) is 79.8 Å². The third kappa shape index (κ3) is 3.74. The average Bonchev–Trinajstić information content (AvgIpc) is 3.11. The van der Waals surface area contributed by atoms with Gasteiger partial charge in [-0.2, -0.15) is 5.26 Å². The van der Waals surface area contributed by atoms with E-state index >= 15 is 0 Å². The maximum Gasteiger partial charge on any atom is 0.270 e. The van der Waals surface area contributed by atoms with Gasteiger partial charge >= 0.3 is 0 Å². The number of nitro benzene ring substituents is 1. The molecule has 0 aliphatic rings. The highest BCUT2D eigenvalue weighted by Crippen LogP contribution is 2.30. The first-order chi connectivity index (χ1) is 12.1. The predicted octanol–water partition coefficient (Wildman–Crippen LogP) is 5.44. The van der Waals surface area contributed by atoms with Gasteiger partial charge in [0.05, 0.1) is 16.2 Å². The summed E-state index contributed by atoms with van der Waals surface area (Å²) in [6.07, 6.45) is 1.52. The highest BCUT2D eigenvalue weighted by molar-refractivity contribution is 7.11. The lowest BCUT2D eigenvalue weighted by molar-refractivity contribution is -0.384. The van der Waals surface area contributed by atoms with Crippen LogP contribution in [0.3, 0.4) is 0 Å². The van der Waals surface area contributed by atoms with Gasteiger partial charge in [0.15, 0.2) is 0 Å². The molecule has 0 atom stereocenters. The van der Waals surface area contributed by atoms with Crippen molar-refractivity contribution in [2.75, 3.05) is 0 Å². The molecule has 0 fully saturated rings. The number of nitriles is 1. The zero-order valence-corrected chi connectivity index (χ0v) is 14.3. The van der Waals surface area contributed by atoms with Crippen molar-refractivity contribution in [2.24, 2.45) is 0 Å². The number of halogens is 1. The molecule has 0 aliphatic carbocycles. The summed E-state index contributed by atoms with van der Waals surface area (Å²) in [6.45, 7) is 0. The molecule has 2 aromatic carbocycles. The minimum atomic E-state index is -0.503. The second-order valence-electron chi connectivity index (χ2n) is 5.04. The average molecular weight is 368 g/mol. The van der Waals surface area contributed by atoms with Crippen LogP contribution in [0.15, 0.2) is 53.9 Å². The van der Waals surface area contributed by atoms with Crippen molar-refractivity contribution in [1.29, 1.82) is 5.26 Å². The van der Waals surface area contributed by atoms with Gasteiger partial charge in [-0.25, -0.2) is 4.98 Å². The van der Waals surface area contributed by atoms with Crippen LogP contribution in [0.25, 0.3) is 22.9 Å². The molecule has 7 heteroatoms. The summed E-state index contributed by atoms with van der Waals surface area (Å²) >= 11 is 7.43. The zero-order valence-electron chi connectivity index (χ0n) is 12.7. The maximum absolute atomic E-state index is 10.9. The summed E-state index contributed by atoms with van der Waals surface area (Å²) < 4.78 is 0. The van der Waals surface area contributed by atoms with Crippen molar-refractivity contribution in [1.82, 2.24) is 4.98 Å². The summed E-state index contributed by atoms with van der Waals surface area (Å²) in [6, 6.07) is 15.8. The Bertz CT molecular complexity index is 1010. The summed E-state index contributed by atoms with van der Waals surface area (Å²) in [5.41, 5.74) is 2.35. The van der Waals surface area contributed by atoms with Gasteiger partial charge in [0.2, 0.25) is 0 Å². The number of benzene rings is 2. The molecule has 0 aliphatic heterocycles. The van der Waals surface area contributed by atoms with Crippen molar-refractivity contribution in [3.05, 3.63) is 79.6 Å². The Morgan fingerprint density at radius 3 is 2.72 bits per heavy atom. The molecule has 1 heterocycles. The van der Waals surface area contributed by atoms with Crippen molar-refractivity contribution < 1.29 is 4.92 Å². The smallest absolute Gasteiger partial charge is 0.258 e. The van der Waals surface area contributed by atoms with Crippen molar-refractivity contribution in [2.45, 2.75) is 0 Å². The number of allylic oxidation sites excluding steroid dienone is 1. The van der Waals surface area contributed by atoms with Gasteiger partial charge in [0.1, 0.15) is 11.1 Å². The maximum atomic E-state index is 10.9. The normalized spacial score (nSPS) is 11.1. The molecule has 25 heavy (non-hydrogen) atoms. The van der Waals surface area contributed by atoms with Crippen molar-refractivity contribution in [3.8, 4) is 17.3 Å². The number of aromatic nitrogens is 1. The number of thiazole rings is 1. The number of nitro groups is 1. The largest absolute Gasteiger partial charge is 0.270 e. The van der Waals surface area contributed by atoms with Crippen LogP contribution in [-0.2, 0) is 0 Å². The summed E-state index contributed by atoms with van der Waals surface area (Å²) in [5, 5.41) is 23.1. The van der Waals surface area contributed by atoms with Crippen LogP contribution in [0.5, 0.6) is 0 Å². The highest BCUT2D eigenvalue weighted by Gasteiger charge is 2.12. The van der Waals surface area contributed by atoms with E-state index in [0.29, 0.717) is 21.2 Å². The molecule has 0 unspecified atom stereocenters. The SMILES string of the molecule is N#C/C(=C\c1cc([N+](=O)[O-])ccc1Cl)c1nc(-c2ccccc2)cs1. The van der Waals surface area contributed by atoms with E-state index in [0.717, 1.165) is 11.3 Å². The Labute approximate surface area is 152 Å². The second-order valence-corrected chi connectivity index (χ2v) is 6.30. The van der Waals surface area contributed by atoms with E-state index < -0.39 is 4.92 Å². The third-order valence-electron chi connectivity index (χ3n) is 3.41. The van der Waals surface area contributed by atoms with Crippen LogP contribution >= 0.6 is 22.9 Å². The minimum Gasteiger partial charge on any atom is -0.258 e. The first-order valence-corrected chi connectivity index (χ1v) is 8.41. The van der Waals surface area contributed by atoms with Gasteiger partial charge in [0, 0.05) is 33.7 Å². The number of rotatable bonds is 4. The molecular weight excluding hydrogens is 358 g/mol. The molecule has 0 spiro atoms. The molecule has 0 bridgehead atoms. The van der Waals surface area contributed by atoms with Crippen LogP contribution in [0.2, 0.25) is 5.02 Å². The fraction of sp³-hybridized carbons (Fsp3) is 0. The summed E-state index contributed by atoms with van der Waals surface area (Å²) in [4.78, 5) is 14.9. The van der Waals surface area contributed by atoms with Gasteiger partial charge in [-0.15, -0.1) is 11.3 Å². The Morgan fingerprint density at radius 2 is 2.04 bits per heavy atom. The lowest BCUT2D eigenvalue weighted by atomic mass is 10.1. The summed E-state index contributed by atoms with van der Waals surface area (Å²) in [5.74, 6) is 0. The number of nitrogens with zero attached hydrogens (tertiary/aromatic N) is 3. The van der Waals surface area contributed by atoms with Crippen LogP contribution in [-0.4, -0.2) is 9.91 Å². The van der Waals surface area contributed by atoms with E-state index in [9.17, 15) is 15.4 Å². The van der Waals surface area contributed by atoms with Gasteiger partial charge in [-0.3, -0.25) is 10.1 Å². The quantitative estimate of drug-likeness (QED) is 0.349. The van der Waals surface area contributed by atoms with Crippen LogP contribution in [0, 0.1) is 21.4 Å². The van der Waals surface area contributed by atoms with Crippen LogP contribution in [0.1, 0.15) is 10.6 Å². The first-order valence-electron chi connectivity index (χ1n) is 7.15. The first kappa shape index (κ1) is 16.8. The van der Waals surface area contributed by atoms with Gasteiger partial charge in [-0.1, -0.05) is 41.9 Å². The van der Waals surface area contributed by atoms with Crippen LogP contribution in [0.4, 0.5) is 5.69 Å². The van der Waals surface area contributed by atoms with E-state index in [1.807, 2.05) is 35.7 Å². The van der Waals surface area contributed by atoms with E-state index in [1.54, 1.807) is 0 Å². The van der Waals surface area contributed by atoms with Crippen LogP contribution < -0.4 is 0 Å². The standard InChI is InChI=1S/C18H10ClN3O2S/c19-16-7-6-15(22(23)24)9-13(16)8-14(10-20)18-21-17(11-25-18)12-4-2-1-3-5-12/h1-9,11H/b14-8+. The molecule has 1 aromatic heterocycles. The second kappa shape index (κ2) is 7.26. The number of hydrogen-bond acceptors (Lipinski definition) is 5. The molecule has 5 nitrogen and oxygen atoms in total.